The van der Waals surface area contributed by atoms with E-state index in [4.69, 9.17) is 4.74 Å². The lowest BCUT2D eigenvalue weighted by atomic mass is 10.1. The van der Waals surface area contributed by atoms with Crippen LogP contribution in [0.4, 0.5) is 0 Å². The van der Waals surface area contributed by atoms with Crippen LogP contribution in [0.5, 0.6) is 0 Å². The van der Waals surface area contributed by atoms with Crippen LogP contribution in [0.25, 0.3) is 0 Å². The van der Waals surface area contributed by atoms with Gasteiger partial charge in [-0.05, 0) is 31.0 Å². The van der Waals surface area contributed by atoms with Crippen molar-refractivity contribution in [2.24, 2.45) is 0 Å². The number of hydrogen-bond acceptors (Lipinski definition) is 4. The summed E-state index contributed by atoms with van der Waals surface area (Å²) < 4.78 is 33.9. The summed E-state index contributed by atoms with van der Waals surface area (Å²) in [6, 6.07) is 16.0. The molecule has 6 heteroatoms. The zero-order valence-electron chi connectivity index (χ0n) is 14.2. The fourth-order valence-corrected chi connectivity index (χ4v) is 4.99. The molecule has 0 radical (unpaired) electrons. The van der Waals surface area contributed by atoms with Crippen molar-refractivity contribution in [2.45, 2.75) is 30.9 Å². The Balaban J connectivity index is 2.10. The van der Waals surface area contributed by atoms with Gasteiger partial charge in [-0.2, -0.15) is 9.57 Å². The Morgan fingerprint density at radius 2 is 1.88 bits per heavy atom. The zero-order chi connectivity index (χ0) is 18.0. The summed E-state index contributed by atoms with van der Waals surface area (Å²) in [7, 11) is -3.83. The highest BCUT2D eigenvalue weighted by Gasteiger charge is 2.38. The third-order valence-corrected chi connectivity index (χ3v) is 6.36. The van der Waals surface area contributed by atoms with E-state index >= 15 is 0 Å². The van der Waals surface area contributed by atoms with E-state index < -0.39 is 16.1 Å². The number of sulfonamides is 1. The van der Waals surface area contributed by atoms with Gasteiger partial charge in [-0.1, -0.05) is 42.5 Å². The van der Waals surface area contributed by atoms with E-state index in [9.17, 15) is 13.7 Å². The van der Waals surface area contributed by atoms with E-state index in [-0.39, 0.29) is 29.7 Å². The lowest BCUT2D eigenvalue weighted by Gasteiger charge is -2.38. The molecule has 25 heavy (non-hydrogen) atoms. The molecule has 1 aliphatic heterocycles. The monoisotopic (exact) mass is 356 g/mol. The Hall–Kier alpha value is -2.20. The summed E-state index contributed by atoms with van der Waals surface area (Å²) >= 11 is 0. The molecule has 1 fully saturated rings. The molecule has 2 aromatic rings. The Bertz CT molecular complexity index is 904. The Morgan fingerprint density at radius 1 is 1.16 bits per heavy atom. The second-order valence-corrected chi connectivity index (χ2v) is 8.06. The Morgan fingerprint density at radius 3 is 2.56 bits per heavy atom. The summed E-state index contributed by atoms with van der Waals surface area (Å²) in [5, 5.41) is 9.44. The van der Waals surface area contributed by atoms with Gasteiger partial charge in [0.25, 0.3) is 0 Å². The first kappa shape index (κ1) is 17.6. The standard InChI is InChI=1S/C19H20N2O3S/c1-14-7-6-10-19(17(14)11-20)25(22,23)21-12-15(2)24-13-18(21)16-8-4-3-5-9-16/h3-10,15,18H,12-13H2,1-2H3. The van der Waals surface area contributed by atoms with Crippen LogP contribution in [-0.4, -0.2) is 32.0 Å². The fourth-order valence-electron chi connectivity index (χ4n) is 3.10. The van der Waals surface area contributed by atoms with Crippen LogP contribution in [0.2, 0.25) is 0 Å². The van der Waals surface area contributed by atoms with Crippen molar-refractivity contribution in [3.63, 3.8) is 0 Å². The molecule has 2 aromatic carbocycles. The van der Waals surface area contributed by atoms with E-state index in [1.807, 2.05) is 43.3 Å². The summed E-state index contributed by atoms with van der Waals surface area (Å²) in [4.78, 5) is 0.0602. The van der Waals surface area contributed by atoms with Crippen LogP contribution in [-0.2, 0) is 14.8 Å². The van der Waals surface area contributed by atoms with Gasteiger partial charge in [0.1, 0.15) is 11.0 Å². The third-order valence-electron chi connectivity index (χ3n) is 4.44. The lowest BCUT2D eigenvalue weighted by molar-refractivity contribution is -0.0231. The predicted octanol–water partition coefficient (Wildman–Crippen LogP) is 3.02. The van der Waals surface area contributed by atoms with Crippen LogP contribution in [0, 0.1) is 18.3 Å². The zero-order valence-corrected chi connectivity index (χ0v) is 15.0. The number of aryl methyl sites for hydroxylation is 1. The van der Waals surface area contributed by atoms with Crippen molar-refractivity contribution in [3.8, 4) is 6.07 Å². The maximum absolute atomic E-state index is 13.4. The fraction of sp³-hybridized carbons (Fsp3) is 0.316. The van der Waals surface area contributed by atoms with Gasteiger partial charge in [0.05, 0.1) is 24.3 Å². The summed E-state index contributed by atoms with van der Waals surface area (Å²) in [6.45, 7) is 4.14. The van der Waals surface area contributed by atoms with E-state index in [0.717, 1.165) is 5.56 Å². The van der Waals surface area contributed by atoms with Crippen molar-refractivity contribution in [1.29, 1.82) is 5.26 Å². The second kappa shape index (κ2) is 6.96. The number of nitriles is 1. The topological polar surface area (TPSA) is 70.4 Å². The van der Waals surface area contributed by atoms with Crippen molar-refractivity contribution in [2.75, 3.05) is 13.2 Å². The quantitative estimate of drug-likeness (QED) is 0.848. The van der Waals surface area contributed by atoms with Gasteiger partial charge < -0.3 is 4.74 Å². The summed E-state index contributed by atoms with van der Waals surface area (Å²) in [6.07, 6.45) is -0.204. The number of ether oxygens (including phenoxy) is 1. The second-order valence-electron chi connectivity index (χ2n) is 6.21. The van der Waals surface area contributed by atoms with Crippen LogP contribution >= 0.6 is 0 Å². The molecule has 5 nitrogen and oxygen atoms in total. The van der Waals surface area contributed by atoms with Crippen molar-refractivity contribution in [3.05, 3.63) is 65.2 Å². The van der Waals surface area contributed by atoms with E-state index in [1.54, 1.807) is 19.1 Å². The minimum Gasteiger partial charge on any atom is -0.375 e. The average Bonchev–Trinajstić information content (AvgIpc) is 2.62. The summed E-state index contributed by atoms with van der Waals surface area (Å²) in [5.41, 5.74) is 1.73. The molecule has 1 saturated heterocycles. The number of hydrogen-bond donors (Lipinski definition) is 0. The van der Waals surface area contributed by atoms with Crippen LogP contribution in [0.1, 0.15) is 29.7 Å². The highest BCUT2D eigenvalue weighted by molar-refractivity contribution is 7.89. The molecule has 2 atom stereocenters. The van der Waals surface area contributed by atoms with Gasteiger partial charge in [-0.25, -0.2) is 8.42 Å². The van der Waals surface area contributed by atoms with Gasteiger partial charge in [0.2, 0.25) is 10.0 Å². The van der Waals surface area contributed by atoms with Gasteiger partial charge >= 0.3 is 0 Å². The first-order valence-corrected chi connectivity index (χ1v) is 9.57. The maximum Gasteiger partial charge on any atom is 0.245 e. The molecule has 1 heterocycles. The van der Waals surface area contributed by atoms with Crippen molar-refractivity contribution in [1.82, 2.24) is 4.31 Å². The molecule has 2 unspecified atom stereocenters. The first-order valence-electron chi connectivity index (χ1n) is 8.13. The molecule has 0 bridgehead atoms. The largest absolute Gasteiger partial charge is 0.375 e. The molecular weight excluding hydrogens is 336 g/mol. The van der Waals surface area contributed by atoms with Gasteiger partial charge in [-0.15, -0.1) is 0 Å². The Kier molecular flexibility index (Phi) is 4.91. The Labute approximate surface area is 148 Å². The van der Waals surface area contributed by atoms with Crippen LogP contribution < -0.4 is 0 Å². The average molecular weight is 356 g/mol. The molecule has 0 aromatic heterocycles. The minimum absolute atomic E-state index is 0.0602. The molecule has 0 spiro atoms. The van der Waals surface area contributed by atoms with Gasteiger partial charge in [-0.3, -0.25) is 0 Å². The van der Waals surface area contributed by atoms with Crippen LogP contribution in [0.15, 0.2) is 53.4 Å². The van der Waals surface area contributed by atoms with E-state index in [2.05, 4.69) is 0 Å². The molecule has 0 saturated carbocycles. The van der Waals surface area contributed by atoms with Gasteiger partial charge in [0, 0.05) is 6.54 Å². The SMILES string of the molecule is Cc1cccc(S(=O)(=O)N2CC(C)OCC2c2ccccc2)c1C#N. The van der Waals surface area contributed by atoms with Crippen molar-refractivity contribution >= 4 is 10.0 Å². The molecule has 1 aliphatic rings. The van der Waals surface area contributed by atoms with E-state index in [0.29, 0.717) is 5.56 Å². The molecule has 0 N–H and O–H groups in total. The smallest absolute Gasteiger partial charge is 0.245 e. The number of benzene rings is 2. The third kappa shape index (κ3) is 3.31. The number of morpholine rings is 1. The van der Waals surface area contributed by atoms with Gasteiger partial charge in [0.15, 0.2) is 0 Å². The van der Waals surface area contributed by atoms with Crippen molar-refractivity contribution < 1.29 is 13.2 Å². The molecule has 130 valence electrons. The number of rotatable bonds is 3. The molecular formula is C19H20N2O3S. The highest BCUT2D eigenvalue weighted by Crippen LogP contribution is 2.33. The molecule has 0 aliphatic carbocycles. The molecule has 3 rings (SSSR count). The first-order chi connectivity index (χ1) is 11.9. The number of nitrogens with zero attached hydrogens (tertiary/aromatic N) is 2. The normalized spacial score (nSPS) is 21.6. The predicted molar refractivity (Wildman–Crippen MR) is 94.4 cm³/mol. The van der Waals surface area contributed by atoms with E-state index in [1.165, 1.54) is 10.4 Å². The molecule has 0 amide bonds. The minimum atomic E-state index is -3.83. The lowest BCUT2D eigenvalue weighted by Crippen LogP contribution is -2.46. The summed E-state index contributed by atoms with van der Waals surface area (Å²) in [5.74, 6) is 0. The van der Waals surface area contributed by atoms with Crippen LogP contribution in [0.3, 0.4) is 0 Å². The maximum atomic E-state index is 13.4. The highest BCUT2D eigenvalue weighted by atomic mass is 32.2.